The summed E-state index contributed by atoms with van der Waals surface area (Å²) in [6, 6.07) is 0. The van der Waals surface area contributed by atoms with E-state index in [4.69, 9.17) is 23.3 Å². The van der Waals surface area contributed by atoms with Gasteiger partial charge in [-0.25, -0.2) is 4.57 Å². The van der Waals surface area contributed by atoms with Crippen LogP contribution in [0, 0.1) is 0 Å². The van der Waals surface area contributed by atoms with E-state index in [9.17, 15) is 28.9 Å². The molecule has 0 aromatic carbocycles. The van der Waals surface area contributed by atoms with Gasteiger partial charge in [-0.1, -0.05) is 183 Å². The largest absolute Gasteiger partial charge is 0.472 e. The van der Waals surface area contributed by atoms with Crippen LogP contribution < -0.4 is 0 Å². The van der Waals surface area contributed by atoms with Crippen molar-refractivity contribution in [1.29, 1.82) is 0 Å². The van der Waals surface area contributed by atoms with Crippen LogP contribution in [0.15, 0.2) is 85.1 Å². The number of allylic oxidation sites excluding steroid dienone is 14. The Balaban J connectivity index is 4.82. The number of esters is 3. The van der Waals surface area contributed by atoms with Crippen molar-refractivity contribution in [2.45, 2.75) is 238 Å². The average molecular weight is 1000 g/mol. The van der Waals surface area contributed by atoms with Gasteiger partial charge in [0.05, 0.1) is 19.8 Å². The highest BCUT2D eigenvalue weighted by Gasteiger charge is 2.28. The number of aliphatic hydroxyl groups is 1. The highest BCUT2D eigenvalue weighted by atomic mass is 31.2. The summed E-state index contributed by atoms with van der Waals surface area (Å²) in [6.07, 6.45) is 58.3. The molecule has 2 N–H and O–H groups in total. The zero-order valence-electron chi connectivity index (χ0n) is 44.2. The van der Waals surface area contributed by atoms with Gasteiger partial charge in [-0.05, 0) is 109 Å². The first-order chi connectivity index (χ1) is 34.2. The normalized spacial score (nSPS) is 14.1. The van der Waals surface area contributed by atoms with Gasteiger partial charge < -0.3 is 24.2 Å². The van der Waals surface area contributed by atoms with E-state index < -0.39 is 57.8 Å². The van der Waals surface area contributed by atoms with Crippen LogP contribution in [-0.2, 0) is 42.2 Å². The third-order valence-electron chi connectivity index (χ3n) is 11.3. The first-order valence-corrected chi connectivity index (χ1v) is 29.0. The standard InChI is InChI=1S/C58H99O11P/c1-4-7-10-13-16-19-22-24-26-27-29-31-34-37-40-43-46-49-58(62)69-55(51-65-56(60)47-44-41-38-35-33-30-28-25-23-20-17-14-11-8-5-2)53-67-70(63,64)66-52-54(50-59)68-57(61)48-45-42-39-36-32-21-18-15-12-9-6-3/h8,11,15-20,24-26,28,33,35,54-55,59H,4-7,9-10,12-14,21-23,27,29-32,34,36-53H2,1-3H3,(H,63,64)/b11-8-,18-15-,19-16-,20-17-,26-24-,28-25-,35-33-. The van der Waals surface area contributed by atoms with Crippen LogP contribution in [0.2, 0.25) is 0 Å². The van der Waals surface area contributed by atoms with Crippen LogP contribution in [0.25, 0.3) is 0 Å². The van der Waals surface area contributed by atoms with Crippen LogP contribution in [0.3, 0.4) is 0 Å². The number of ether oxygens (including phenoxy) is 3. The number of unbranched alkanes of at least 4 members (excludes halogenated alkanes) is 19. The third kappa shape index (κ3) is 49.6. The molecule has 0 aromatic heterocycles. The minimum atomic E-state index is -4.76. The summed E-state index contributed by atoms with van der Waals surface area (Å²) in [6.45, 7) is 4.39. The maximum Gasteiger partial charge on any atom is 0.472 e. The number of aliphatic hydroxyl groups excluding tert-OH is 1. The van der Waals surface area contributed by atoms with Gasteiger partial charge in [-0.2, -0.15) is 0 Å². The summed E-state index contributed by atoms with van der Waals surface area (Å²) >= 11 is 0. The molecule has 402 valence electrons. The molecule has 0 fully saturated rings. The van der Waals surface area contributed by atoms with Crippen LogP contribution in [0.5, 0.6) is 0 Å². The summed E-state index contributed by atoms with van der Waals surface area (Å²) in [5, 5.41) is 9.78. The number of phosphoric ester groups is 1. The molecule has 12 heteroatoms. The lowest BCUT2D eigenvalue weighted by molar-refractivity contribution is -0.161. The van der Waals surface area contributed by atoms with E-state index in [0.717, 1.165) is 116 Å². The Morgan fingerprint density at radius 2 is 0.757 bits per heavy atom. The molecule has 3 unspecified atom stereocenters. The van der Waals surface area contributed by atoms with Crippen molar-refractivity contribution in [3.8, 4) is 0 Å². The van der Waals surface area contributed by atoms with Gasteiger partial charge in [0.1, 0.15) is 12.7 Å². The van der Waals surface area contributed by atoms with Crippen molar-refractivity contribution in [3.05, 3.63) is 85.1 Å². The lowest BCUT2D eigenvalue weighted by atomic mass is 10.1. The lowest BCUT2D eigenvalue weighted by Gasteiger charge is -2.21. The maximum atomic E-state index is 12.9. The highest BCUT2D eigenvalue weighted by Crippen LogP contribution is 2.43. The predicted molar refractivity (Wildman–Crippen MR) is 288 cm³/mol. The highest BCUT2D eigenvalue weighted by molar-refractivity contribution is 7.47. The molecule has 0 heterocycles. The second kappa shape index (κ2) is 52.0. The van der Waals surface area contributed by atoms with Crippen molar-refractivity contribution in [3.63, 3.8) is 0 Å². The summed E-state index contributed by atoms with van der Waals surface area (Å²) < 4.78 is 39.4. The Bertz CT molecular complexity index is 1500. The molecule has 0 saturated carbocycles. The molecule has 0 aromatic rings. The number of hydrogen-bond donors (Lipinski definition) is 2. The van der Waals surface area contributed by atoms with Crippen LogP contribution in [-0.4, -0.2) is 66.5 Å². The molecule has 0 bridgehead atoms. The second-order valence-corrected chi connectivity index (χ2v) is 19.5. The quantitative estimate of drug-likeness (QED) is 0.0197. The van der Waals surface area contributed by atoms with Crippen LogP contribution in [0.4, 0.5) is 0 Å². The molecule has 0 aliphatic heterocycles. The van der Waals surface area contributed by atoms with Gasteiger partial charge in [-0.15, -0.1) is 0 Å². The van der Waals surface area contributed by atoms with Crippen LogP contribution in [0.1, 0.15) is 226 Å². The van der Waals surface area contributed by atoms with Crippen molar-refractivity contribution in [1.82, 2.24) is 0 Å². The Labute approximate surface area is 426 Å². The van der Waals surface area contributed by atoms with E-state index >= 15 is 0 Å². The van der Waals surface area contributed by atoms with E-state index in [2.05, 4.69) is 106 Å². The summed E-state index contributed by atoms with van der Waals surface area (Å²) in [4.78, 5) is 48.4. The van der Waals surface area contributed by atoms with E-state index in [1.807, 2.05) is 0 Å². The first kappa shape index (κ1) is 66.7. The van der Waals surface area contributed by atoms with Crippen molar-refractivity contribution in [2.24, 2.45) is 0 Å². The predicted octanol–water partition coefficient (Wildman–Crippen LogP) is 15.9. The molecule has 3 atom stereocenters. The summed E-state index contributed by atoms with van der Waals surface area (Å²) in [5.41, 5.74) is 0. The topological polar surface area (TPSA) is 155 Å². The van der Waals surface area contributed by atoms with Gasteiger partial charge >= 0.3 is 25.7 Å². The second-order valence-electron chi connectivity index (χ2n) is 18.0. The molecule has 0 saturated heterocycles. The lowest BCUT2D eigenvalue weighted by Crippen LogP contribution is -2.30. The Morgan fingerprint density at radius 3 is 1.23 bits per heavy atom. The minimum Gasteiger partial charge on any atom is -0.462 e. The smallest absolute Gasteiger partial charge is 0.462 e. The number of rotatable bonds is 50. The van der Waals surface area contributed by atoms with Crippen molar-refractivity contribution >= 4 is 25.7 Å². The number of carbonyl (C=O) groups excluding carboxylic acids is 3. The van der Waals surface area contributed by atoms with Gasteiger partial charge in [-0.3, -0.25) is 23.4 Å². The van der Waals surface area contributed by atoms with E-state index in [0.29, 0.717) is 19.3 Å². The number of carbonyl (C=O) groups is 3. The summed E-state index contributed by atoms with van der Waals surface area (Å²) in [7, 11) is -4.76. The monoisotopic (exact) mass is 1000 g/mol. The fourth-order valence-electron chi connectivity index (χ4n) is 7.06. The van der Waals surface area contributed by atoms with Gasteiger partial charge in [0.15, 0.2) is 6.10 Å². The molecule has 0 amide bonds. The van der Waals surface area contributed by atoms with E-state index in [1.54, 1.807) is 0 Å². The molecule has 11 nitrogen and oxygen atoms in total. The zero-order valence-corrected chi connectivity index (χ0v) is 45.1. The van der Waals surface area contributed by atoms with E-state index in [1.165, 1.54) is 51.4 Å². The minimum absolute atomic E-state index is 0.146. The Hall–Kier alpha value is -3.34. The Morgan fingerprint density at radius 1 is 0.414 bits per heavy atom. The summed E-state index contributed by atoms with van der Waals surface area (Å²) in [5.74, 6) is -1.54. The molecule has 0 aliphatic rings. The fourth-order valence-corrected chi connectivity index (χ4v) is 7.85. The van der Waals surface area contributed by atoms with Crippen LogP contribution >= 0.6 is 7.82 Å². The molecule has 0 aliphatic carbocycles. The van der Waals surface area contributed by atoms with Gasteiger partial charge in [0.2, 0.25) is 0 Å². The molecule has 0 spiro atoms. The van der Waals surface area contributed by atoms with Crippen molar-refractivity contribution < 1.29 is 52.2 Å². The van der Waals surface area contributed by atoms with Crippen molar-refractivity contribution in [2.75, 3.05) is 26.4 Å². The molecule has 70 heavy (non-hydrogen) atoms. The third-order valence-corrected chi connectivity index (χ3v) is 12.2. The first-order valence-electron chi connectivity index (χ1n) is 27.5. The van der Waals surface area contributed by atoms with E-state index in [-0.39, 0.29) is 25.9 Å². The number of hydrogen-bond acceptors (Lipinski definition) is 10. The fraction of sp³-hybridized carbons (Fsp3) is 0.707. The zero-order chi connectivity index (χ0) is 51.3. The maximum absolute atomic E-state index is 12.9. The molecular formula is C58H99O11P. The molecule has 0 rings (SSSR count). The van der Waals surface area contributed by atoms with Gasteiger partial charge in [0, 0.05) is 19.3 Å². The Kier molecular flexibility index (Phi) is 49.5. The SMILES string of the molecule is CC/C=C\C/C=C\C/C=C\C/C=C\CCCCC(=O)OCC(COP(=O)(O)OCC(CO)OC(=O)CCCCCCC/C=C\CCCC)OC(=O)CCCCCCCCC/C=C\C/C=C\CCCCC. The molecular weight excluding hydrogens is 904 g/mol. The van der Waals surface area contributed by atoms with Gasteiger partial charge in [0.25, 0.3) is 0 Å². The average Bonchev–Trinajstić information content (AvgIpc) is 3.35. The molecule has 0 radical (unpaired) electrons. The number of phosphoric acid groups is 1.